The molecular formula is C13H12ClNO4S2. The summed E-state index contributed by atoms with van der Waals surface area (Å²) in [6.45, 7) is 1.69. The predicted octanol–water partition coefficient (Wildman–Crippen LogP) is 3.14. The second-order valence-electron chi connectivity index (χ2n) is 4.32. The summed E-state index contributed by atoms with van der Waals surface area (Å²) in [4.78, 5) is 10.8. The van der Waals surface area contributed by atoms with Gasteiger partial charge in [-0.1, -0.05) is 23.7 Å². The van der Waals surface area contributed by atoms with Crippen molar-refractivity contribution in [3.8, 4) is 0 Å². The van der Waals surface area contributed by atoms with E-state index in [2.05, 4.69) is 4.72 Å². The molecule has 0 amide bonds. The van der Waals surface area contributed by atoms with Crippen molar-refractivity contribution in [2.24, 2.45) is 0 Å². The highest BCUT2D eigenvalue weighted by atomic mass is 35.5. The molecule has 0 radical (unpaired) electrons. The van der Waals surface area contributed by atoms with Crippen molar-refractivity contribution in [2.75, 3.05) is 0 Å². The van der Waals surface area contributed by atoms with E-state index < -0.39 is 22.0 Å². The number of halogens is 1. The third kappa shape index (κ3) is 3.82. The Hall–Kier alpha value is -1.41. The van der Waals surface area contributed by atoms with E-state index >= 15 is 0 Å². The summed E-state index contributed by atoms with van der Waals surface area (Å²) < 4.78 is 26.9. The zero-order chi connectivity index (χ0) is 15.6. The third-order valence-corrected chi connectivity index (χ3v) is 6.08. The van der Waals surface area contributed by atoms with Gasteiger partial charge in [0.1, 0.15) is 9.09 Å². The molecule has 0 saturated heterocycles. The van der Waals surface area contributed by atoms with Crippen LogP contribution in [0.2, 0.25) is 5.02 Å². The summed E-state index contributed by atoms with van der Waals surface area (Å²) in [6, 6.07) is 8.93. The molecule has 0 bridgehead atoms. The van der Waals surface area contributed by atoms with Gasteiger partial charge in [-0.2, -0.15) is 0 Å². The van der Waals surface area contributed by atoms with Gasteiger partial charge in [-0.25, -0.2) is 17.9 Å². The van der Waals surface area contributed by atoms with Crippen LogP contribution in [-0.2, 0) is 10.0 Å². The van der Waals surface area contributed by atoms with Crippen LogP contribution in [0.15, 0.2) is 40.6 Å². The Morgan fingerprint density at radius 2 is 2.05 bits per heavy atom. The second kappa shape index (κ2) is 6.15. The molecule has 0 saturated carbocycles. The summed E-state index contributed by atoms with van der Waals surface area (Å²) in [5.41, 5.74) is 0.723. The average Bonchev–Trinajstić information content (AvgIpc) is 2.88. The van der Waals surface area contributed by atoms with Crippen LogP contribution in [0.3, 0.4) is 0 Å². The first-order chi connectivity index (χ1) is 9.79. The van der Waals surface area contributed by atoms with E-state index in [1.807, 2.05) is 0 Å². The number of thiophene rings is 1. The van der Waals surface area contributed by atoms with Gasteiger partial charge in [0.15, 0.2) is 0 Å². The average molecular weight is 346 g/mol. The molecule has 0 fully saturated rings. The largest absolute Gasteiger partial charge is 0.477 e. The Morgan fingerprint density at radius 1 is 1.33 bits per heavy atom. The van der Waals surface area contributed by atoms with Gasteiger partial charge in [0.2, 0.25) is 0 Å². The molecule has 8 heteroatoms. The van der Waals surface area contributed by atoms with Crippen LogP contribution in [-0.4, -0.2) is 19.5 Å². The van der Waals surface area contributed by atoms with Crippen LogP contribution in [0.5, 0.6) is 0 Å². The summed E-state index contributed by atoms with van der Waals surface area (Å²) >= 11 is 6.59. The lowest BCUT2D eigenvalue weighted by atomic mass is 10.1. The smallest absolute Gasteiger partial charge is 0.345 e. The molecule has 5 nitrogen and oxygen atoms in total. The van der Waals surface area contributed by atoms with Crippen molar-refractivity contribution in [2.45, 2.75) is 17.2 Å². The van der Waals surface area contributed by atoms with Gasteiger partial charge in [0, 0.05) is 11.1 Å². The normalized spacial score (nSPS) is 13.0. The topological polar surface area (TPSA) is 83.5 Å². The van der Waals surface area contributed by atoms with E-state index in [9.17, 15) is 13.2 Å². The minimum absolute atomic E-state index is 0.0224. The second-order valence-corrected chi connectivity index (χ2v) is 7.78. The van der Waals surface area contributed by atoms with Gasteiger partial charge in [0.05, 0.1) is 0 Å². The number of carboxylic acid groups (broad SMARTS) is 1. The highest BCUT2D eigenvalue weighted by molar-refractivity contribution is 7.91. The maximum atomic E-state index is 12.2. The zero-order valence-electron chi connectivity index (χ0n) is 10.9. The first-order valence-electron chi connectivity index (χ1n) is 5.90. The Kier molecular flexibility index (Phi) is 4.67. The number of carboxylic acids is 1. The SMILES string of the molecule is CC(NS(=O)(=O)c1ccc(C(=O)O)s1)c1cccc(Cl)c1. The third-order valence-electron chi connectivity index (χ3n) is 2.74. The van der Waals surface area contributed by atoms with Crippen molar-refractivity contribution in [1.29, 1.82) is 0 Å². The molecule has 1 atom stereocenters. The Labute approximate surface area is 131 Å². The highest BCUT2D eigenvalue weighted by Gasteiger charge is 2.21. The van der Waals surface area contributed by atoms with Crippen LogP contribution in [0, 0.1) is 0 Å². The molecule has 0 spiro atoms. The number of carbonyl (C=O) groups is 1. The van der Waals surface area contributed by atoms with Gasteiger partial charge in [-0.3, -0.25) is 0 Å². The molecule has 2 rings (SSSR count). The molecular weight excluding hydrogens is 334 g/mol. The quantitative estimate of drug-likeness (QED) is 0.872. The lowest BCUT2D eigenvalue weighted by Gasteiger charge is -2.14. The number of aromatic carboxylic acids is 1. The van der Waals surface area contributed by atoms with Gasteiger partial charge in [0.25, 0.3) is 10.0 Å². The van der Waals surface area contributed by atoms with Crippen LogP contribution in [0.1, 0.15) is 28.2 Å². The number of benzene rings is 1. The van der Waals surface area contributed by atoms with E-state index in [-0.39, 0.29) is 9.09 Å². The molecule has 2 N–H and O–H groups in total. The highest BCUT2D eigenvalue weighted by Crippen LogP contribution is 2.24. The van der Waals surface area contributed by atoms with Crippen molar-refractivity contribution in [1.82, 2.24) is 4.72 Å². The molecule has 2 aromatic rings. The van der Waals surface area contributed by atoms with Crippen molar-refractivity contribution in [3.05, 3.63) is 51.9 Å². The van der Waals surface area contributed by atoms with Crippen LogP contribution >= 0.6 is 22.9 Å². The molecule has 1 aromatic heterocycles. The monoisotopic (exact) mass is 345 g/mol. The minimum atomic E-state index is -3.77. The summed E-state index contributed by atoms with van der Waals surface area (Å²) in [6.07, 6.45) is 0. The number of sulfonamides is 1. The Morgan fingerprint density at radius 3 is 2.62 bits per heavy atom. The van der Waals surface area contributed by atoms with Crippen molar-refractivity contribution >= 4 is 38.9 Å². The Bertz CT molecular complexity index is 770. The van der Waals surface area contributed by atoms with E-state index in [1.165, 1.54) is 12.1 Å². The van der Waals surface area contributed by atoms with Gasteiger partial charge < -0.3 is 5.11 Å². The molecule has 0 aliphatic carbocycles. The lowest BCUT2D eigenvalue weighted by Crippen LogP contribution is -2.26. The summed E-state index contributed by atoms with van der Waals surface area (Å²) in [5.74, 6) is -1.15. The number of hydrogen-bond acceptors (Lipinski definition) is 4. The maximum Gasteiger partial charge on any atom is 0.345 e. The molecule has 1 heterocycles. The van der Waals surface area contributed by atoms with Gasteiger partial charge in [-0.15, -0.1) is 11.3 Å². The molecule has 112 valence electrons. The number of rotatable bonds is 5. The van der Waals surface area contributed by atoms with Crippen molar-refractivity contribution in [3.63, 3.8) is 0 Å². The van der Waals surface area contributed by atoms with E-state index in [4.69, 9.17) is 16.7 Å². The lowest BCUT2D eigenvalue weighted by molar-refractivity contribution is 0.0702. The first kappa shape index (κ1) is 16.0. The van der Waals surface area contributed by atoms with E-state index in [1.54, 1.807) is 31.2 Å². The summed E-state index contributed by atoms with van der Waals surface area (Å²) in [5, 5.41) is 9.35. The zero-order valence-corrected chi connectivity index (χ0v) is 13.3. The summed E-state index contributed by atoms with van der Waals surface area (Å²) in [7, 11) is -3.77. The predicted molar refractivity (Wildman–Crippen MR) is 81.5 cm³/mol. The van der Waals surface area contributed by atoms with Gasteiger partial charge in [-0.05, 0) is 36.8 Å². The maximum absolute atomic E-state index is 12.2. The van der Waals surface area contributed by atoms with E-state index in [0.717, 1.165) is 5.56 Å². The molecule has 0 aliphatic rings. The fraction of sp³-hybridized carbons (Fsp3) is 0.154. The number of nitrogens with one attached hydrogen (secondary N) is 1. The Balaban J connectivity index is 2.22. The van der Waals surface area contributed by atoms with Crippen LogP contribution < -0.4 is 4.72 Å². The van der Waals surface area contributed by atoms with Crippen molar-refractivity contribution < 1.29 is 18.3 Å². The fourth-order valence-electron chi connectivity index (χ4n) is 1.71. The van der Waals surface area contributed by atoms with E-state index in [0.29, 0.717) is 16.4 Å². The standard InChI is InChI=1S/C13H12ClNO4S2/c1-8(9-3-2-4-10(14)7-9)15-21(18,19)12-6-5-11(20-12)13(16)17/h2-8,15H,1H3,(H,16,17). The molecule has 21 heavy (non-hydrogen) atoms. The van der Waals surface area contributed by atoms with Crippen LogP contribution in [0.4, 0.5) is 0 Å². The molecule has 1 aromatic carbocycles. The first-order valence-corrected chi connectivity index (χ1v) is 8.58. The minimum Gasteiger partial charge on any atom is -0.477 e. The van der Waals surface area contributed by atoms with Gasteiger partial charge >= 0.3 is 5.97 Å². The molecule has 1 unspecified atom stereocenters. The molecule has 0 aliphatic heterocycles. The fourth-order valence-corrected chi connectivity index (χ4v) is 4.31. The number of hydrogen-bond donors (Lipinski definition) is 2. The van der Waals surface area contributed by atoms with Crippen LogP contribution in [0.25, 0.3) is 0 Å².